The Morgan fingerprint density at radius 2 is 2.10 bits per heavy atom. The number of benzene rings is 1. The van der Waals surface area contributed by atoms with Gasteiger partial charge in [-0.15, -0.1) is 0 Å². The summed E-state index contributed by atoms with van der Waals surface area (Å²) in [5.74, 6) is 0.0525. The van der Waals surface area contributed by atoms with Gasteiger partial charge in [0, 0.05) is 25.1 Å². The van der Waals surface area contributed by atoms with E-state index in [1.165, 1.54) is 0 Å². The van der Waals surface area contributed by atoms with Gasteiger partial charge in [0.15, 0.2) is 0 Å². The number of imidazole rings is 1. The van der Waals surface area contributed by atoms with E-state index in [-0.39, 0.29) is 0 Å². The molecule has 0 unspecified atom stereocenters. The van der Waals surface area contributed by atoms with Gasteiger partial charge in [-0.3, -0.25) is 4.79 Å². The van der Waals surface area contributed by atoms with Crippen LogP contribution in [0.4, 0.5) is 5.69 Å². The Labute approximate surface area is 118 Å². The fraction of sp³-hybridized carbons (Fsp3) is 0.333. The molecule has 1 heterocycles. The topological polar surface area (TPSA) is 67.2 Å². The highest BCUT2D eigenvalue weighted by Gasteiger charge is 2.31. The number of nitrogens with zero attached hydrogens (tertiary/aromatic N) is 2. The van der Waals surface area contributed by atoms with Crippen molar-refractivity contribution >= 4 is 11.7 Å². The Bertz CT molecular complexity index is 617. The fourth-order valence-corrected chi connectivity index (χ4v) is 2.04. The Morgan fingerprint density at radius 3 is 2.70 bits per heavy atom. The number of nitrogens with one attached hydrogen (secondary N) is 1. The summed E-state index contributed by atoms with van der Waals surface area (Å²) in [6.45, 7) is 3.96. The van der Waals surface area contributed by atoms with Crippen LogP contribution >= 0.6 is 0 Å². The summed E-state index contributed by atoms with van der Waals surface area (Å²) in [4.78, 5) is 15.7. The van der Waals surface area contributed by atoms with E-state index in [0.717, 1.165) is 17.1 Å². The Balaban J connectivity index is 2.25. The number of hydrogen-bond acceptors (Lipinski definition) is 3. The van der Waals surface area contributed by atoms with Crippen molar-refractivity contribution in [2.45, 2.75) is 25.8 Å². The molecule has 2 rings (SSSR count). The molecule has 0 saturated carbocycles. The summed E-state index contributed by atoms with van der Waals surface area (Å²) in [5, 5.41) is 12.6. The molecule has 2 aromatic rings. The molecular weight excluding hydrogens is 254 g/mol. The minimum absolute atomic E-state index is 0.552. The standard InChI is InChI=1S/C15H19N3O2/c1-15(2,14(19)20)11-6-4-5-7-12(11)17-10-13-16-8-9-18(13)3/h4-9,17H,10H2,1-3H3,(H,19,20). The van der Waals surface area contributed by atoms with Gasteiger partial charge in [-0.25, -0.2) is 4.98 Å². The van der Waals surface area contributed by atoms with Crippen molar-refractivity contribution in [2.75, 3.05) is 5.32 Å². The number of aliphatic carboxylic acids is 1. The monoisotopic (exact) mass is 273 g/mol. The third-order valence-corrected chi connectivity index (χ3v) is 3.49. The first-order chi connectivity index (χ1) is 9.43. The maximum atomic E-state index is 11.4. The zero-order chi connectivity index (χ0) is 14.8. The molecule has 0 atom stereocenters. The first kappa shape index (κ1) is 14.1. The van der Waals surface area contributed by atoms with E-state index in [4.69, 9.17) is 0 Å². The Hall–Kier alpha value is -2.30. The lowest BCUT2D eigenvalue weighted by molar-refractivity contribution is -0.142. The van der Waals surface area contributed by atoms with E-state index in [0.29, 0.717) is 6.54 Å². The van der Waals surface area contributed by atoms with Gasteiger partial charge in [-0.2, -0.15) is 0 Å². The van der Waals surface area contributed by atoms with E-state index >= 15 is 0 Å². The fourth-order valence-electron chi connectivity index (χ4n) is 2.04. The number of carboxylic acids is 1. The van der Waals surface area contributed by atoms with E-state index in [1.54, 1.807) is 20.0 Å². The molecule has 0 radical (unpaired) electrons. The number of anilines is 1. The molecule has 2 N–H and O–H groups in total. The van der Waals surface area contributed by atoms with Crippen LogP contribution in [0.1, 0.15) is 25.2 Å². The van der Waals surface area contributed by atoms with Gasteiger partial charge in [0.05, 0.1) is 12.0 Å². The van der Waals surface area contributed by atoms with E-state index in [9.17, 15) is 9.90 Å². The molecule has 0 spiro atoms. The van der Waals surface area contributed by atoms with Gasteiger partial charge in [0.25, 0.3) is 0 Å². The highest BCUT2D eigenvalue weighted by atomic mass is 16.4. The number of carbonyl (C=O) groups is 1. The molecular formula is C15H19N3O2. The molecule has 106 valence electrons. The second-order valence-corrected chi connectivity index (χ2v) is 5.28. The molecule has 1 aromatic heterocycles. The maximum Gasteiger partial charge on any atom is 0.313 e. The lowest BCUT2D eigenvalue weighted by atomic mass is 9.83. The van der Waals surface area contributed by atoms with Crippen LogP contribution in [0.25, 0.3) is 0 Å². The number of rotatable bonds is 5. The smallest absolute Gasteiger partial charge is 0.313 e. The first-order valence-electron chi connectivity index (χ1n) is 6.46. The van der Waals surface area contributed by atoms with Crippen molar-refractivity contribution in [3.8, 4) is 0 Å². The molecule has 0 aliphatic rings. The van der Waals surface area contributed by atoms with E-state index < -0.39 is 11.4 Å². The second-order valence-electron chi connectivity index (χ2n) is 5.28. The van der Waals surface area contributed by atoms with Crippen LogP contribution in [0.15, 0.2) is 36.7 Å². The van der Waals surface area contributed by atoms with Crippen molar-refractivity contribution in [3.63, 3.8) is 0 Å². The van der Waals surface area contributed by atoms with Crippen LogP contribution in [0.5, 0.6) is 0 Å². The summed E-state index contributed by atoms with van der Waals surface area (Å²) >= 11 is 0. The average molecular weight is 273 g/mol. The van der Waals surface area contributed by atoms with Crippen molar-refractivity contribution in [1.82, 2.24) is 9.55 Å². The molecule has 0 aliphatic carbocycles. The van der Waals surface area contributed by atoms with Gasteiger partial charge in [-0.05, 0) is 25.5 Å². The zero-order valence-electron chi connectivity index (χ0n) is 11.9. The minimum Gasteiger partial charge on any atom is -0.481 e. The lowest BCUT2D eigenvalue weighted by Gasteiger charge is -2.23. The number of hydrogen-bond donors (Lipinski definition) is 2. The Kier molecular flexibility index (Phi) is 3.79. The quantitative estimate of drug-likeness (QED) is 0.877. The minimum atomic E-state index is -0.939. The third-order valence-electron chi connectivity index (χ3n) is 3.49. The van der Waals surface area contributed by atoms with Crippen LogP contribution < -0.4 is 5.32 Å². The van der Waals surface area contributed by atoms with E-state index in [2.05, 4.69) is 10.3 Å². The molecule has 1 aromatic carbocycles. The predicted molar refractivity (Wildman–Crippen MR) is 77.6 cm³/mol. The normalized spacial score (nSPS) is 11.3. The van der Waals surface area contributed by atoms with Gasteiger partial charge in [-0.1, -0.05) is 18.2 Å². The molecule has 0 fully saturated rings. The summed E-state index contributed by atoms with van der Waals surface area (Å²) in [7, 11) is 1.93. The van der Waals surface area contributed by atoms with Crippen molar-refractivity contribution in [2.24, 2.45) is 7.05 Å². The number of aryl methyl sites for hydroxylation is 1. The van der Waals surface area contributed by atoms with Gasteiger partial charge in [0.2, 0.25) is 0 Å². The SMILES string of the molecule is Cn1ccnc1CNc1ccccc1C(C)(C)C(=O)O. The van der Waals surface area contributed by atoms with Crippen molar-refractivity contribution in [1.29, 1.82) is 0 Å². The third kappa shape index (κ3) is 2.66. The molecule has 0 amide bonds. The largest absolute Gasteiger partial charge is 0.481 e. The molecule has 5 heteroatoms. The van der Waals surface area contributed by atoms with Crippen LogP contribution in [0, 0.1) is 0 Å². The second kappa shape index (κ2) is 5.36. The van der Waals surface area contributed by atoms with Crippen LogP contribution in [-0.4, -0.2) is 20.6 Å². The highest BCUT2D eigenvalue weighted by molar-refractivity contribution is 5.83. The molecule has 20 heavy (non-hydrogen) atoms. The van der Waals surface area contributed by atoms with Crippen LogP contribution in [-0.2, 0) is 23.8 Å². The zero-order valence-corrected chi connectivity index (χ0v) is 11.9. The number of para-hydroxylation sites is 1. The number of aromatic nitrogens is 2. The van der Waals surface area contributed by atoms with E-state index in [1.807, 2.05) is 42.1 Å². The van der Waals surface area contributed by atoms with Crippen LogP contribution in [0.2, 0.25) is 0 Å². The Morgan fingerprint density at radius 1 is 1.40 bits per heavy atom. The summed E-state index contributed by atoms with van der Waals surface area (Å²) in [6, 6.07) is 7.48. The predicted octanol–water partition coefficient (Wildman–Crippen LogP) is 2.39. The first-order valence-corrected chi connectivity index (χ1v) is 6.46. The summed E-state index contributed by atoms with van der Waals surface area (Å²) in [6.07, 6.45) is 3.62. The van der Waals surface area contributed by atoms with Gasteiger partial charge in [0.1, 0.15) is 5.82 Å². The number of carboxylic acid groups (broad SMARTS) is 1. The summed E-state index contributed by atoms with van der Waals surface area (Å²) in [5.41, 5.74) is 0.648. The van der Waals surface area contributed by atoms with Gasteiger partial charge >= 0.3 is 5.97 Å². The van der Waals surface area contributed by atoms with Crippen molar-refractivity contribution < 1.29 is 9.90 Å². The average Bonchev–Trinajstić information content (AvgIpc) is 2.82. The summed E-state index contributed by atoms with van der Waals surface area (Å²) < 4.78 is 1.93. The molecule has 0 saturated heterocycles. The van der Waals surface area contributed by atoms with Gasteiger partial charge < -0.3 is 15.0 Å². The lowest BCUT2D eigenvalue weighted by Crippen LogP contribution is -2.29. The molecule has 0 aliphatic heterocycles. The maximum absolute atomic E-state index is 11.4. The highest BCUT2D eigenvalue weighted by Crippen LogP contribution is 2.30. The van der Waals surface area contributed by atoms with Crippen LogP contribution in [0.3, 0.4) is 0 Å². The van der Waals surface area contributed by atoms with Crippen molar-refractivity contribution in [3.05, 3.63) is 48.0 Å². The molecule has 0 bridgehead atoms. The molecule has 5 nitrogen and oxygen atoms in total.